The van der Waals surface area contributed by atoms with Gasteiger partial charge in [0.25, 0.3) is 0 Å². The number of rotatable bonds is 3. The van der Waals surface area contributed by atoms with Gasteiger partial charge < -0.3 is 5.32 Å². The number of pyridine rings is 1. The van der Waals surface area contributed by atoms with E-state index in [9.17, 15) is 0 Å². The first-order valence-electron chi connectivity index (χ1n) is 6.03. The maximum Gasteiger partial charge on any atom is 0.0746 e. The Balaban J connectivity index is 1.76. The van der Waals surface area contributed by atoms with Gasteiger partial charge in [-0.1, -0.05) is 24.3 Å². The van der Waals surface area contributed by atoms with Crippen LogP contribution in [0.3, 0.4) is 0 Å². The lowest BCUT2D eigenvalue weighted by molar-refractivity contribution is 0.345. The smallest absolute Gasteiger partial charge is 0.0746 e. The monoisotopic (exact) mass is 246 g/mol. The van der Waals surface area contributed by atoms with E-state index >= 15 is 0 Å². The first-order chi connectivity index (χ1) is 8.33. The molecule has 3 heteroatoms. The van der Waals surface area contributed by atoms with Crippen LogP contribution >= 0.6 is 11.6 Å². The second-order valence-electron chi connectivity index (χ2n) is 4.64. The van der Waals surface area contributed by atoms with Crippen LogP contribution in [0, 0.1) is 0 Å². The van der Waals surface area contributed by atoms with Crippen LogP contribution in [-0.2, 0) is 6.54 Å². The molecule has 3 rings (SSSR count). The van der Waals surface area contributed by atoms with Crippen LogP contribution in [0.5, 0.6) is 0 Å². The molecule has 0 aliphatic heterocycles. The van der Waals surface area contributed by atoms with Crippen molar-refractivity contribution in [1.29, 1.82) is 0 Å². The molecule has 1 fully saturated rings. The number of para-hydroxylation sites is 1. The van der Waals surface area contributed by atoms with Gasteiger partial charge in [0.05, 0.1) is 5.52 Å². The van der Waals surface area contributed by atoms with Crippen LogP contribution in [0.2, 0.25) is 0 Å². The van der Waals surface area contributed by atoms with Crippen molar-refractivity contribution in [3.8, 4) is 0 Å². The van der Waals surface area contributed by atoms with Crippen molar-refractivity contribution in [1.82, 2.24) is 10.3 Å². The maximum absolute atomic E-state index is 5.97. The number of nitrogens with zero attached hydrogens (tertiary/aromatic N) is 1. The predicted octanol–water partition coefficient (Wildman–Crippen LogP) is 3.09. The molecule has 0 atom stereocenters. The van der Waals surface area contributed by atoms with Crippen molar-refractivity contribution in [3.05, 3.63) is 42.1 Å². The number of benzene rings is 1. The summed E-state index contributed by atoms with van der Waals surface area (Å²) in [6.07, 6.45) is 4.02. The van der Waals surface area contributed by atoms with Gasteiger partial charge >= 0.3 is 0 Å². The molecular formula is C14H15ClN2. The minimum Gasteiger partial charge on any atom is -0.310 e. The van der Waals surface area contributed by atoms with Gasteiger partial charge in [0, 0.05) is 29.5 Å². The normalized spacial score (nSPS) is 23.6. The van der Waals surface area contributed by atoms with Gasteiger partial charge in [0.1, 0.15) is 0 Å². The van der Waals surface area contributed by atoms with Crippen molar-refractivity contribution < 1.29 is 0 Å². The Labute approximate surface area is 106 Å². The molecule has 17 heavy (non-hydrogen) atoms. The largest absolute Gasteiger partial charge is 0.310 e. The summed E-state index contributed by atoms with van der Waals surface area (Å²) in [6, 6.07) is 11.0. The standard InChI is InChI=1S/C14H15ClN2/c15-12-7-13(8-12)17-9-11-4-1-3-10-5-2-6-16-14(10)11/h1-6,12-13,17H,7-9H2. The molecule has 2 aromatic rings. The number of aromatic nitrogens is 1. The number of hydrogen-bond donors (Lipinski definition) is 1. The Hall–Kier alpha value is -1.12. The highest BCUT2D eigenvalue weighted by Gasteiger charge is 2.26. The lowest BCUT2D eigenvalue weighted by atomic mass is 9.92. The first-order valence-corrected chi connectivity index (χ1v) is 6.46. The number of halogens is 1. The Kier molecular flexibility index (Phi) is 3.00. The highest BCUT2D eigenvalue weighted by atomic mass is 35.5. The fourth-order valence-electron chi connectivity index (χ4n) is 2.28. The van der Waals surface area contributed by atoms with E-state index in [1.807, 2.05) is 12.3 Å². The third-order valence-electron chi connectivity index (χ3n) is 3.38. The molecular weight excluding hydrogens is 232 g/mol. The lowest BCUT2D eigenvalue weighted by Crippen LogP contribution is -2.41. The summed E-state index contributed by atoms with van der Waals surface area (Å²) in [5.74, 6) is 0. The van der Waals surface area contributed by atoms with Crippen LogP contribution in [0.4, 0.5) is 0 Å². The Morgan fingerprint density at radius 2 is 2.06 bits per heavy atom. The second kappa shape index (κ2) is 4.63. The molecule has 0 saturated heterocycles. The minimum atomic E-state index is 0.373. The molecule has 1 aromatic carbocycles. The molecule has 1 N–H and O–H groups in total. The number of nitrogens with one attached hydrogen (secondary N) is 1. The van der Waals surface area contributed by atoms with Crippen molar-refractivity contribution in [2.24, 2.45) is 0 Å². The predicted molar refractivity (Wildman–Crippen MR) is 71.2 cm³/mol. The van der Waals surface area contributed by atoms with Crippen LogP contribution in [0.15, 0.2) is 36.5 Å². The van der Waals surface area contributed by atoms with Gasteiger partial charge in [-0.2, -0.15) is 0 Å². The molecule has 1 aliphatic carbocycles. The molecule has 2 nitrogen and oxygen atoms in total. The highest BCUT2D eigenvalue weighted by Crippen LogP contribution is 2.26. The summed E-state index contributed by atoms with van der Waals surface area (Å²) in [7, 11) is 0. The van der Waals surface area contributed by atoms with E-state index in [0.717, 1.165) is 24.9 Å². The number of alkyl halides is 1. The summed E-state index contributed by atoms with van der Waals surface area (Å²) in [4.78, 5) is 4.45. The molecule has 0 bridgehead atoms. The summed E-state index contributed by atoms with van der Waals surface area (Å²) in [5.41, 5.74) is 2.37. The molecule has 0 unspecified atom stereocenters. The van der Waals surface area contributed by atoms with Gasteiger partial charge in [-0.05, 0) is 24.5 Å². The van der Waals surface area contributed by atoms with Crippen LogP contribution < -0.4 is 5.32 Å². The second-order valence-corrected chi connectivity index (χ2v) is 5.26. The molecule has 1 aliphatic rings. The molecule has 1 heterocycles. The molecule has 0 radical (unpaired) electrons. The Morgan fingerprint density at radius 1 is 1.24 bits per heavy atom. The van der Waals surface area contributed by atoms with Crippen LogP contribution in [0.25, 0.3) is 10.9 Å². The van der Waals surface area contributed by atoms with E-state index < -0.39 is 0 Å². The van der Waals surface area contributed by atoms with Crippen LogP contribution in [0.1, 0.15) is 18.4 Å². The average molecular weight is 247 g/mol. The fraction of sp³-hybridized carbons (Fsp3) is 0.357. The van der Waals surface area contributed by atoms with Crippen molar-refractivity contribution in [2.75, 3.05) is 0 Å². The van der Waals surface area contributed by atoms with E-state index in [0.29, 0.717) is 11.4 Å². The Bertz CT molecular complexity index is 515. The number of fused-ring (bicyclic) bond motifs is 1. The molecule has 0 amide bonds. The molecule has 1 saturated carbocycles. The van der Waals surface area contributed by atoms with Gasteiger partial charge in [-0.25, -0.2) is 0 Å². The Morgan fingerprint density at radius 3 is 2.88 bits per heavy atom. The van der Waals surface area contributed by atoms with Crippen molar-refractivity contribution >= 4 is 22.5 Å². The van der Waals surface area contributed by atoms with Gasteiger partial charge in [0.2, 0.25) is 0 Å². The number of hydrogen-bond acceptors (Lipinski definition) is 2. The fourth-order valence-corrected chi connectivity index (χ4v) is 2.71. The van der Waals surface area contributed by atoms with Crippen LogP contribution in [-0.4, -0.2) is 16.4 Å². The molecule has 88 valence electrons. The van der Waals surface area contributed by atoms with Gasteiger partial charge in [-0.3, -0.25) is 4.98 Å². The van der Waals surface area contributed by atoms with E-state index in [2.05, 4.69) is 34.6 Å². The van der Waals surface area contributed by atoms with Gasteiger partial charge in [0.15, 0.2) is 0 Å². The third-order valence-corrected chi connectivity index (χ3v) is 3.73. The van der Waals surface area contributed by atoms with E-state index in [1.165, 1.54) is 10.9 Å². The SMILES string of the molecule is ClC1CC(NCc2cccc3cccnc23)C1. The summed E-state index contributed by atoms with van der Waals surface area (Å²) in [6.45, 7) is 0.878. The maximum atomic E-state index is 5.97. The summed E-state index contributed by atoms with van der Waals surface area (Å²) >= 11 is 5.97. The lowest BCUT2D eigenvalue weighted by Gasteiger charge is -2.31. The van der Waals surface area contributed by atoms with Crippen molar-refractivity contribution in [3.63, 3.8) is 0 Å². The topological polar surface area (TPSA) is 24.9 Å². The van der Waals surface area contributed by atoms with E-state index in [-0.39, 0.29) is 0 Å². The van der Waals surface area contributed by atoms with E-state index in [4.69, 9.17) is 11.6 Å². The van der Waals surface area contributed by atoms with E-state index in [1.54, 1.807) is 0 Å². The quantitative estimate of drug-likeness (QED) is 0.842. The molecule has 1 aromatic heterocycles. The van der Waals surface area contributed by atoms with Gasteiger partial charge in [-0.15, -0.1) is 11.6 Å². The zero-order chi connectivity index (χ0) is 11.7. The highest BCUT2D eigenvalue weighted by molar-refractivity contribution is 6.21. The summed E-state index contributed by atoms with van der Waals surface area (Å²) < 4.78 is 0. The zero-order valence-electron chi connectivity index (χ0n) is 9.57. The average Bonchev–Trinajstić information content (AvgIpc) is 2.33. The zero-order valence-corrected chi connectivity index (χ0v) is 10.3. The first kappa shape index (κ1) is 11.0. The molecule has 0 spiro atoms. The van der Waals surface area contributed by atoms with Crippen molar-refractivity contribution in [2.45, 2.75) is 30.8 Å². The minimum absolute atomic E-state index is 0.373. The summed E-state index contributed by atoms with van der Waals surface area (Å²) in [5, 5.41) is 5.11. The third kappa shape index (κ3) is 2.28.